The number of hydrogen-bond acceptors (Lipinski definition) is 4. The minimum absolute atomic E-state index is 0.00634. The van der Waals surface area contributed by atoms with Gasteiger partial charge in [0, 0.05) is 34.9 Å². The third kappa shape index (κ3) is 2.32. The average molecular weight is 247 g/mol. The topological polar surface area (TPSA) is 61.6 Å². The summed E-state index contributed by atoms with van der Waals surface area (Å²) in [5, 5.41) is 0.152. The van der Waals surface area contributed by atoms with Crippen LogP contribution in [-0.4, -0.2) is 39.8 Å². The van der Waals surface area contributed by atoms with Crippen molar-refractivity contribution in [3.8, 4) is 0 Å². The molecule has 0 aromatic heterocycles. The van der Waals surface area contributed by atoms with Crippen molar-refractivity contribution in [1.29, 1.82) is 0 Å². The molecule has 1 heterocycles. The van der Waals surface area contributed by atoms with Gasteiger partial charge in [0.2, 0.25) is 0 Å². The Morgan fingerprint density at radius 1 is 1.38 bits per heavy atom. The minimum Gasteiger partial charge on any atom is -0.347 e. The fourth-order valence-electron chi connectivity index (χ4n) is 2.50. The smallest absolute Gasteiger partial charge is 0.169 e. The second kappa shape index (κ2) is 4.72. The predicted molar refractivity (Wildman–Crippen MR) is 63.5 cm³/mol. The van der Waals surface area contributed by atoms with Crippen LogP contribution in [0.2, 0.25) is 0 Å². The van der Waals surface area contributed by atoms with Crippen LogP contribution in [0.1, 0.15) is 33.1 Å². The summed E-state index contributed by atoms with van der Waals surface area (Å²) in [6.45, 7) is 5.24. The van der Waals surface area contributed by atoms with Crippen molar-refractivity contribution in [2.45, 2.75) is 55.4 Å². The Hall–Kier alpha value is 0.0300. The lowest BCUT2D eigenvalue weighted by atomic mass is 9.90. The Bertz CT molecular complexity index is 276. The van der Waals surface area contributed by atoms with Crippen LogP contribution in [0.15, 0.2) is 0 Å². The predicted octanol–water partition coefficient (Wildman–Crippen LogP) is 0.766. The molecule has 0 aromatic rings. The molecule has 1 saturated heterocycles. The highest BCUT2D eigenvalue weighted by atomic mass is 32.2. The maximum Gasteiger partial charge on any atom is 0.169 e. The van der Waals surface area contributed by atoms with Crippen LogP contribution in [0.25, 0.3) is 0 Å². The van der Waals surface area contributed by atoms with E-state index in [0.29, 0.717) is 19.6 Å². The molecule has 1 spiro atoms. The van der Waals surface area contributed by atoms with E-state index in [0.717, 1.165) is 12.8 Å². The number of hydrogen-bond donors (Lipinski definition) is 1. The fraction of sp³-hybridized carbons (Fsp3) is 1.00. The first-order valence-electron chi connectivity index (χ1n) is 5.97. The normalized spacial score (nSPS) is 35.8. The standard InChI is InChI=1S/C11H21NO3S/c1-8(2)16(13)10-7-11(4-3-9(10)12)14-5-6-15-11/h8-10H,3-7,12H2,1-2H3. The summed E-state index contributed by atoms with van der Waals surface area (Å²) in [4.78, 5) is 0. The van der Waals surface area contributed by atoms with E-state index in [4.69, 9.17) is 15.2 Å². The highest BCUT2D eigenvalue weighted by Gasteiger charge is 2.46. The van der Waals surface area contributed by atoms with Gasteiger partial charge in [0.25, 0.3) is 0 Å². The van der Waals surface area contributed by atoms with Crippen molar-refractivity contribution in [1.82, 2.24) is 0 Å². The summed E-state index contributed by atoms with van der Waals surface area (Å²) in [7, 11) is -0.895. The van der Waals surface area contributed by atoms with E-state index >= 15 is 0 Å². The maximum atomic E-state index is 12.2. The quantitative estimate of drug-likeness (QED) is 0.783. The molecule has 0 radical (unpaired) electrons. The molecular formula is C11H21NO3S. The number of rotatable bonds is 2. The minimum atomic E-state index is -0.895. The van der Waals surface area contributed by atoms with Gasteiger partial charge in [-0.1, -0.05) is 13.8 Å². The Labute approximate surface area is 99.3 Å². The van der Waals surface area contributed by atoms with Crippen LogP contribution >= 0.6 is 0 Å². The molecule has 1 aliphatic carbocycles. The fourth-order valence-corrected chi connectivity index (χ4v) is 4.09. The average Bonchev–Trinajstić information content (AvgIpc) is 2.70. The first-order chi connectivity index (χ1) is 7.54. The Morgan fingerprint density at radius 3 is 2.56 bits per heavy atom. The molecule has 16 heavy (non-hydrogen) atoms. The summed E-state index contributed by atoms with van der Waals surface area (Å²) < 4.78 is 23.5. The maximum absolute atomic E-state index is 12.2. The van der Waals surface area contributed by atoms with Gasteiger partial charge < -0.3 is 15.2 Å². The van der Waals surface area contributed by atoms with E-state index in [1.807, 2.05) is 13.8 Å². The summed E-state index contributed by atoms with van der Waals surface area (Å²) in [5.41, 5.74) is 6.06. The molecule has 1 aliphatic heterocycles. The molecule has 5 heteroatoms. The van der Waals surface area contributed by atoms with Crippen LogP contribution in [0.3, 0.4) is 0 Å². The zero-order chi connectivity index (χ0) is 11.8. The van der Waals surface area contributed by atoms with Crippen molar-refractivity contribution < 1.29 is 13.7 Å². The van der Waals surface area contributed by atoms with E-state index in [1.165, 1.54) is 0 Å². The SMILES string of the molecule is CC(C)S(=O)C1CC2(CCC1N)OCCO2. The molecule has 2 aliphatic rings. The first kappa shape index (κ1) is 12.5. The molecule has 2 N–H and O–H groups in total. The molecule has 2 fully saturated rings. The van der Waals surface area contributed by atoms with Gasteiger partial charge in [-0.05, 0) is 6.42 Å². The van der Waals surface area contributed by atoms with Gasteiger partial charge in [-0.15, -0.1) is 0 Å². The zero-order valence-corrected chi connectivity index (χ0v) is 10.8. The summed E-state index contributed by atoms with van der Waals surface area (Å²) >= 11 is 0. The van der Waals surface area contributed by atoms with E-state index in [1.54, 1.807) is 0 Å². The second-order valence-corrected chi connectivity index (χ2v) is 7.14. The largest absolute Gasteiger partial charge is 0.347 e. The van der Waals surface area contributed by atoms with Crippen LogP contribution in [0.4, 0.5) is 0 Å². The van der Waals surface area contributed by atoms with E-state index in [9.17, 15) is 4.21 Å². The zero-order valence-electron chi connectivity index (χ0n) is 9.98. The van der Waals surface area contributed by atoms with Gasteiger partial charge in [0.05, 0.1) is 18.5 Å². The summed E-state index contributed by atoms with van der Waals surface area (Å²) in [6, 6.07) is 0.0154. The lowest BCUT2D eigenvalue weighted by molar-refractivity contribution is -0.177. The van der Waals surface area contributed by atoms with E-state index < -0.39 is 16.6 Å². The second-order valence-electron chi connectivity index (χ2n) is 4.93. The van der Waals surface area contributed by atoms with Crippen LogP contribution < -0.4 is 5.73 Å². The highest BCUT2D eigenvalue weighted by molar-refractivity contribution is 7.86. The molecule has 1 saturated carbocycles. The van der Waals surface area contributed by atoms with Crippen molar-refractivity contribution >= 4 is 10.8 Å². The monoisotopic (exact) mass is 247 g/mol. The molecule has 0 amide bonds. The van der Waals surface area contributed by atoms with Gasteiger partial charge in [-0.2, -0.15) is 0 Å². The van der Waals surface area contributed by atoms with Crippen molar-refractivity contribution in [2.24, 2.45) is 5.73 Å². The van der Waals surface area contributed by atoms with Crippen molar-refractivity contribution in [3.05, 3.63) is 0 Å². The lowest BCUT2D eigenvalue weighted by Crippen LogP contribution is -2.51. The third-order valence-corrected chi connectivity index (χ3v) is 5.47. The molecule has 0 bridgehead atoms. The van der Waals surface area contributed by atoms with Crippen LogP contribution in [0, 0.1) is 0 Å². The molecule has 94 valence electrons. The van der Waals surface area contributed by atoms with Gasteiger partial charge in [0.15, 0.2) is 5.79 Å². The molecule has 4 nitrogen and oxygen atoms in total. The van der Waals surface area contributed by atoms with Gasteiger partial charge in [-0.3, -0.25) is 4.21 Å². The van der Waals surface area contributed by atoms with E-state index in [2.05, 4.69) is 0 Å². The van der Waals surface area contributed by atoms with Gasteiger partial charge >= 0.3 is 0 Å². The molecule has 0 aromatic carbocycles. The Morgan fingerprint density at radius 2 is 2.00 bits per heavy atom. The summed E-state index contributed by atoms with van der Waals surface area (Å²) in [5.74, 6) is -0.481. The van der Waals surface area contributed by atoms with Gasteiger partial charge in [-0.25, -0.2) is 0 Å². The number of nitrogens with two attached hydrogens (primary N) is 1. The first-order valence-corrected chi connectivity index (χ1v) is 7.24. The van der Waals surface area contributed by atoms with Crippen LogP contribution in [0.5, 0.6) is 0 Å². The molecular weight excluding hydrogens is 226 g/mol. The van der Waals surface area contributed by atoms with Crippen molar-refractivity contribution in [2.75, 3.05) is 13.2 Å². The van der Waals surface area contributed by atoms with Gasteiger partial charge in [0.1, 0.15) is 0 Å². The van der Waals surface area contributed by atoms with Crippen molar-refractivity contribution in [3.63, 3.8) is 0 Å². The molecule has 2 rings (SSSR count). The molecule has 3 atom stereocenters. The number of ether oxygens (including phenoxy) is 2. The molecule has 3 unspecified atom stereocenters. The highest BCUT2D eigenvalue weighted by Crippen LogP contribution is 2.37. The third-order valence-electron chi connectivity index (χ3n) is 3.42. The van der Waals surface area contributed by atoms with E-state index in [-0.39, 0.29) is 16.5 Å². The Kier molecular flexibility index (Phi) is 3.69. The Balaban J connectivity index is 2.08. The lowest BCUT2D eigenvalue weighted by Gasteiger charge is -2.39. The van der Waals surface area contributed by atoms with Crippen LogP contribution in [-0.2, 0) is 20.3 Å². The summed E-state index contributed by atoms with van der Waals surface area (Å²) in [6.07, 6.45) is 2.35.